The van der Waals surface area contributed by atoms with Gasteiger partial charge in [0.2, 0.25) is 0 Å². The van der Waals surface area contributed by atoms with Crippen molar-refractivity contribution in [2.24, 2.45) is 0 Å². The van der Waals surface area contributed by atoms with Crippen LogP contribution >= 0.6 is 0 Å². The number of esters is 1. The number of rotatable bonds is 7. The minimum absolute atomic E-state index is 0.235. The summed E-state index contributed by atoms with van der Waals surface area (Å²) in [4.78, 5) is 24.9. The molecule has 1 aliphatic heterocycles. The summed E-state index contributed by atoms with van der Waals surface area (Å²) < 4.78 is 10.2. The van der Waals surface area contributed by atoms with Gasteiger partial charge in [0, 0.05) is 26.1 Å². The SMILES string of the molecule is CCOC(=O)CCCNC(O)[C@H]1CN(C(=O)OC(C)(C)C)CCN1. The van der Waals surface area contributed by atoms with Gasteiger partial charge in [-0.15, -0.1) is 0 Å². The summed E-state index contributed by atoms with van der Waals surface area (Å²) in [6.45, 7) is 9.60. The molecule has 140 valence electrons. The molecule has 1 rings (SSSR count). The fourth-order valence-electron chi connectivity index (χ4n) is 2.34. The molecule has 0 spiro atoms. The Morgan fingerprint density at radius 1 is 1.42 bits per heavy atom. The average molecular weight is 345 g/mol. The highest BCUT2D eigenvalue weighted by atomic mass is 16.6. The molecule has 0 bridgehead atoms. The third kappa shape index (κ3) is 7.94. The van der Waals surface area contributed by atoms with Gasteiger partial charge in [-0.25, -0.2) is 4.79 Å². The lowest BCUT2D eigenvalue weighted by atomic mass is 10.1. The van der Waals surface area contributed by atoms with Gasteiger partial charge in [-0.3, -0.25) is 10.1 Å². The Balaban J connectivity index is 2.33. The van der Waals surface area contributed by atoms with Crippen LogP contribution in [-0.4, -0.2) is 72.7 Å². The van der Waals surface area contributed by atoms with Crippen molar-refractivity contribution < 1.29 is 24.2 Å². The Bertz CT molecular complexity index is 411. The van der Waals surface area contributed by atoms with E-state index in [4.69, 9.17) is 9.47 Å². The number of piperazine rings is 1. The van der Waals surface area contributed by atoms with E-state index in [0.717, 1.165) is 0 Å². The van der Waals surface area contributed by atoms with E-state index in [9.17, 15) is 14.7 Å². The van der Waals surface area contributed by atoms with Crippen LogP contribution in [-0.2, 0) is 14.3 Å². The lowest BCUT2D eigenvalue weighted by molar-refractivity contribution is -0.143. The van der Waals surface area contributed by atoms with Crippen LogP contribution in [0.15, 0.2) is 0 Å². The van der Waals surface area contributed by atoms with Gasteiger partial charge in [-0.2, -0.15) is 0 Å². The van der Waals surface area contributed by atoms with Gasteiger partial charge < -0.3 is 24.8 Å². The van der Waals surface area contributed by atoms with Gasteiger partial charge >= 0.3 is 12.1 Å². The Morgan fingerprint density at radius 2 is 2.12 bits per heavy atom. The van der Waals surface area contributed by atoms with Gasteiger partial charge in [-0.1, -0.05) is 0 Å². The number of carbonyl (C=O) groups is 2. The van der Waals surface area contributed by atoms with Gasteiger partial charge in [0.25, 0.3) is 0 Å². The fourth-order valence-corrected chi connectivity index (χ4v) is 2.34. The van der Waals surface area contributed by atoms with Crippen molar-refractivity contribution in [2.45, 2.75) is 58.4 Å². The maximum atomic E-state index is 12.1. The lowest BCUT2D eigenvalue weighted by Crippen LogP contribution is -2.60. The molecule has 0 aliphatic carbocycles. The predicted molar refractivity (Wildman–Crippen MR) is 89.5 cm³/mol. The van der Waals surface area contributed by atoms with Crippen molar-refractivity contribution in [3.05, 3.63) is 0 Å². The van der Waals surface area contributed by atoms with E-state index in [1.807, 2.05) is 20.8 Å². The first-order chi connectivity index (χ1) is 11.2. The van der Waals surface area contributed by atoms with E-state index in [1.165, 1.54) is 0 Å². The molecule has 0 aromatic carbocycles. The molecule has 0 aromatic heterocycles. The summed E-state index contributed by atoms with van der Waals surface area (Å²) in [5.74, 6) is -0.235. The maximum Gasteiger partial charge on any atom is 0.410 e. The molecule has 8 nitrogen and oxygen atoms in total. The molecule has 8 heteroatoms. The third-order valence-electron chi connectivity index (χ3n) is 3.45. The third-order valence-corrected chi connectivity index (χ3v) is 3.45. The van der Waals surface area contributed by atoms with Crippen molar-refractivity contribution in [1.29, 1.82) is 0 Å². The molecular weight excluding hydrogens is 314 g/mol. The van der Waals surface area contributed by atoms with Crippen LogP contribution in [0.5, 0.6) is 0 Å². The molecule has 0 radical (unpaired) electrons. The van der Waals surface area contributed by atoms with Gasteiger partial charge in [-0.05, 0) is 40.7 Å². The molecule has 24 heavy (non-hydrogen) atoms. The minimum Gasteiger partial charge on any atom is -0.466 e. The first kappa shape index (κ1) is 20.7. The number of ether oxygens (including phenoxy) is 2. The lowest BCUT2D eigenvalue weighted by Gasteiger charge is -2.36. The van der Waals surface area contributed by atoms with E-state index in [-0.39, 0.29) is 18.1 Å². The number of nitrogens with zero attached hydrogens (tertiary/aromatic N) is 1. The number of nitrogens with one attached hydrogen (secondary N) is 2. The predicted octanol–water partition coefficient (Wildman–Crippen LogP) is 0.447. The number of hydrogen-bond donors (Lipinski definition) is 3. The Kier molecular flexibility index (Phi) is 8.44. The quantitative estimate of drug-likeness (QED) is 0.350. The molecule has 1 amide bonds. The number of aliphatic hydroxyl groups excluding tert-OH is 1. The van der Waals surface area contributed by atoms with Crippen LogP contribution in [0.3, 0.4) is 0 Å². The van der Waals surface area contributed by atoms with Crippen molar-refractivity contribution in [1.82, 2.24) is 15.5 Å². The highest BCUT2D eigenvalue weighted by Crippen LogP contribution is 2.12. The van der Waals surface area contributed by atoms with Crippen LogP contribution in [0, 0.1) is 0 Å². The Labute approximate surface area is 143 Å². The summed E-state index contributed by atoms with van der Waals surface area (Å²) in [6, 6.07) is -0.283. The molecule has 3 N–H and O–H groups in total. The maximum absolute atomic E-state index is 12.1. The molecule has 0 saturated carbocycles. The van der Waals surface area contributed by atoms with Crippen LogP contribution in [0.4, 0.5) is 4.79 Å². The van der Waals surface area contributed by atoms with Crippen LogP contribution in [0.1, 0.15) is 40.5 Å². The minimum atomic E-state index is -0.808. The molecule has 2 atom stereocenters. The molecular formula is C16H31N3O5. The van der Waals surface area contributed by atoms with Crippen molar-refractivity contribution >= 4 is 12.1 Å². The molecule has 1 heterocycles. The zero-order chi connectivity index (χ0) is 18.2. The summed E-state index contributed by atoms with van der Waals surface area (Å²) >= 11 is 0. The fraction of sp³-hybridized carbons (Fsp3) is 0.875. The van der Waals surface area contributed by atoms with E-state index in [2.05, 4.69) is 10.6 Å². The normalized spacial score (nSPS) is 19.7. The molecule has 1 fully saturated rings. The summed E-state index contributed by atoms with van der Waals surface area (Å²) in [5, 5.41) is 16.4. The van der Waals surface area contributed by atoms with E-state index >= 15 is 0 Å². The van der Waals surface area contributed by atoms with Crippen molar-refractivity contribution in [2.75, 3.05) is 32.8 Å². The number of carbonyl (C=O) groups excluding carboxylic acids is 2. The zero-order valence-electron chi connectivity index (χ0n) is 15.1. The van der Waals surface area contributed by atoms with Crippen LogP contribution in [0.25, 0.3) is 0 Å². The van der Waals surface area contributed by atoms with Crippen molar-refractivity contribution in [3.8, 4) is 0 Å². The summed E-state index contributed by atoms with van der Waals surface area (Å²) in [7, 11) is 0. The standard InChI is InChI=1S/C16H31N3O5/c1-5-23-13(20)7-6-8-18-14(21)12-11-19(10-9-17-12)15(22)24-16(2,3)4/h12,14,17-18,21H,5-11H2,1-4H3/t12-,14?/m1/s1. The van der Waals surface area contributed by atoms with E-state index < -0.39 is 11.8 Å². The first-order valence-electron chi connectivity index (χ1n) is 8.51. The van der Waals surface area contributed by atoms with E-state index in [0.29, 0.717) is 45.6 Å². The topological polar surface area (TPSA) is 100 Å². The molecule has 1 saturated heterocycles. The molecule has 1 aliphatic rings. The largest absolute Gasteiger partial charge is 0.466 e. The van der Waals surface area contributed by atoms with Crippen LogP contribution < -0.4 is 10.6 Å². The second-order valence-electron chi connectivity index (χ2n) is 6.79. The van der Waals surface area contributed by atoms with Gasteiger partial charge in [0.05, 0.1) is 12.6 Å². The number of aliphatic hydroxyl groups is 1. The smallest absolute Gasteiger partial charge is 0.410 e. The molecule has 1 unspecified atom stereocenters. The summed E-state index contributed by atoms with van der Waals surface area (Å²) in [6.07, 6.45) is -0.283. The van der Waals surface area contributed by atoms with Crippen LogP contribution in [0.2, 0.25) is 0 Å². The highest BCUT2D eigenvalue weighted by molar-refractivity contribution is 5.69. The van der Waals surface area contributed by atoms with Crippen molar-refractivity contribution in [3.63, 3.8) is 0 Å². The molecule has 0 aromatic rings. The second kappa shape index (κ2) is 9.80. The summed E-state index contributed by atoms with van der Waals surface area (Å²) in [5.41, 5.74) is -0.540. The number of amides is 1. The monoisotopic (exact) mass is 345 g/mol. The number of hydrogen-bond acceptors (Lipinski definition) is 7. The highest BCUT2D eigenvalue weighted by Gasteiger charge is 2.30. The average Bonchev–Trinajstić information content (AvgIpc) is 2.50. The zero-order valence-corrected chi connectivity index (χ0v) is 15.1. The Hall–Kier alpha value is -1.38. The Morgan fingerprint density at radius 3 is 2.75 bits per heavy atom. The van der Waals surface area contributed by atoms with E-state index in [1.54, 1.807) is 11.8 Å². The van der Waals surface area contributed by atoms with Gasteiger partial charge in [0.15, 0.2) is 0 Å². The second-order valence-corrected chi connectivity index (χ2v) is 6.79. The van der Waals surface area contributed by atoms with Gasteiger partial charge in [0.1, 0.15) is 11.8 Å². The first-order valence-corrected chi connectivity index (χ1v) is 8.51.